The Balaban J connectivity index is 0.000000280. The standard InChI is InChI=1S/2C16H20O3S.Ca/c2*1-3-7-12-11-16(20(17,18)19)15-10-6-5-9-14(15)13(12)8-4-2;/h2*5-6,9-11H,3-4,7-8H2,1-2H3,(H,17,18,19);/q;;+2/p-2. The number of aryl methyl sites for hydroxylation is 4. The summed E-state index contributed by atoms with van der Waals surface area (Å²) >= 11 is 0. The maximum absolute atomic E-state index is 11.5. The van der Waals surface area contributed by atoms with Gasteiger partial charge in [0, 0.05) is 0 Å². The quantitative estimate of drug-likeness (QED) is 0.140. The minimum Gasteiger partial charge on any atom is -0.744 e. The van der Waals surface area contributed by atoms with Crippen molar-refractivity contribution in [3.63, 3.8) is 0 Å². The molecule has 0 aliphatic rings. The van der Waals surface area contributed by atoms with Crippen LogP contribution in [0.3, 0.4) is 0 Å². The molecule has 0 radical (unpaired) electrons. The third-order valence-corrected chi connectivity index (χ3v) is 8.75. The van der Waals surface area contributed by atoms with Crippen LogP contribution in [0.4, 0.5) is 0 Å². The Bertz CT molecular complexity index is 1570. The molecule has 4 aromatic carbocycles. The molecule has 0 bridgehead atoms. The van der Waals surface area contributed by atoms with Crippen molar-refractivity contribution in [2.45, 2.75) is 88.9 Å². The summed E-state index contributed by atoms with van der Waals surface area (Å²) in [6, 6.07) is 17.7. The van der Waals surface area contributed by atoms with Crippen LogP contribution in [0.5, 0.6) is 0 Å². The van der Waals surface area contributed by atoms with Crippen molar-refractivity contribution in [1.29, 1.82) is 0 Å². The van der Waals surface area contributed by atoms with Crippen LogP contribution in [0.1, 0.15) is 75.6 Å². The van der Waals surface area contributed by atoms with Gasteiger partial charge in [-0.1, -0.05) is 102 Å². The van der Waals surface area contributed by atoms with E-state index in [1.807, 2.05) is 24.3 Å². The average molecular weight is 623 g/mol. The monoisotopic (exact) mass is 622 g/mol. The molecular weight excluding hydrogens is 585 g/mol. The second-order valence-electron chi connectivity index (χ2n) is 10.0. The van der Waals surface area contributed by atoms with E-state index in [-0.39, 0.29) is 47.5 Å². The predicted molar refractivity (Wildman–Crippen MR) is 166 cm³/mol. The van der Waals surface area contributed by atoms with Crippen molar-refractivity contribution in [2.24, 2.45) is 0 Å². The van der Waals surface area contributed by atoms with Crippen molar-refractivity contribution < 1.29 is 25.9 Å². The first-order valence-electron chi connectivity index (χ1n) is 14.0. The normalized spacial score (nSPS) is 11.7. The summed E-state index contributed by atoms with van der Waals surface area (Å²) in [5.74, 6) is 0. The van der Waals surface area contributed by atoms with E-state index in [0.29, 0.717) is 10.8 Å². The smallest absolute Gasteiger partial charge is 0.744 e. The zero-order valence-electron chi connectivity index (χ0n) is 24.4. The van der Waals surface area contributed by atoms with Crippen molar-refractivity contribution in [1.82, 2.24) is 0 Å². The molecule has 0 aliphatic heterocycles. The van der Waals surface area contributed by atoms with Crippen LogP contribution < -0.4 is 0 Å². The van der Waals surface area contributed by atoms with Gasteiger partial charge in [0.05, 0.1) is 9.79 Å². The Labute approximate surface area is 275 Å². The molecule has 4 rings (SSSR count). The van der Waals surface area contributed by atoms with Gasteiger partial charge in [0.15, 0.2) is 0 Å². The second kappa shape index (κ2) is 15.8. The minimum atomic E-state index is -4.45. The van der Waals surface area contributed by atoms with Crippen LogP contribution in [0, 0.1) is 0 Å². The summed E-state index contributed by atoms with van der Waals surface area (Å²) < 4.78 is 69.1. The Kier molecular flexibility index (Phi) is 13.8. The van der Waals surface area contributed by atoms with Gasteiger partial charge < -0.3 is 9.11 Å². The molecule has 216 valence electrons. The number of hydrogen-bond acceptors (Lipinski definition) is 6. The molecule has 0 heterocycles. The molecule has 41 heavy (non-hydrogen) atoms. The number of hydrogen-bond donors (Lipinski definition) is 0. The van der Waals surface area contributed by atoms with Gasteiger partial charge in [-0.3, -0.25) is 0 Å². The van der Waals surface area contributed by atoms with Gasteiger partial charge in [-0.15, -0.1) is 0 Å². The number of rotatable bonds is 10. The van der Waals surface area contributed by atoms with Gasteiger partial charge in [-0.25, -0.2) is 16.8 Å². The fourth-order valence-electron chi connectivity index (χ4n) is 5.40. The van der Waals surface area contributed by atoms with Crippen LogP contribution in [0.25, 0.3) is 21.5 Å². The van der Waals surface area contributed by atoms with E-state index >= 15 is 0 Å². The van der Waals surface area contributed by atoms with Gasteiger partial charge in [-0.05, 0) is 81.6 Å². The molecule has 0 saturated heterocycles. The molecule has 0 atom stereocenters. The summed E-state index contributed by atoms with van der Waals surface area (Å²) in [5.41, 5.74) is 4.33. The van der Waals surface area contributed by atoms with E-state index in [0.717, 1.165) is 73.3 Å². The molecule has 0 amide bonds. The van der Waals surface area contributed by atoms with Gasteiger partial charge in [0.25, 0.3) is 0 Å². The van der Waals surface area contributed by atoms with E-state index in [1.165, 1.54) is 11.1 Å². The summed E-state index contributed by atoms with van der Waals surface area (Å²) in [6.07, 6.45) is 7.21. The van der Waals surface area contributed by atoms with Crippen molar-refractivity contribution >= 4 is 79.5 Å². The van der Waals surface area contributed by atoms with Crippen molar-refractivity contribution in [2.75, 3.05) is 0 Å². The van der Waals surface area contributed by atoms with E-state index in [2.05, 4.69) is 27.7 Å². The molecule has 0 aromatic heterocycles. The molecule has 0 N–H and O–H groups in total. The molecular formula is C32H38CaO6S2. The molecule has 6 nitrogen and oxygen atoms in total. The minimum absolute atomic E-state index is 0. The first kappa shape index (κ1) is 35.7. The fraction of sp³-hybridized carbons (Fsp3) is 0.375. The van der Waals surface area contributed by atoms with Crippen molar-refractivity contribution in [3.8, 4) is 0 Å². The van der Waals surface area contributed by atoms with Crippen molar-refractivity contribution in [3.05, 3.63) is 82.9 Å². The van der Waals surface area contributed by atoms with Gasteiger partial charge >= 0.3 is 37.7 Å². The van der Waals surface area contributed by atoms with Crippen LogP contribution >= 0.6 is 0 Å². The van der Waals surface area contributed by atoms with E-state index in [4.69, 9.17) is 0 Å². The summed E-state index contributed by atoms with van der Waals surface area (Å²) in [7, 11) is -8.90. The first-order valence-corrected chi connectivity index (χ1v) is 16.8. The molecule has 4 aromatic rings. The summed E-state index contributed by atoms with van der Waals surface area (Å²) in [5, 5.41) is 2.89. The zero-order valence-corrected chi connectivity index (χ0v) is 28.2. The van der Waals surface area contributed by atoms with Crippen LogP contribution in [0.15, 0.2) is 70.5 Å². The summed E-state index contributed by atoms with van der Waals surface area (Å²) in [4.78, 5) is -0.173. The third kappa shape index (κ3) is 8.75. The van der Waals surface area contributed by atoms with Crippen LogP contribution in [-0.2, 0) is 45.9 Å². The number of benzene rings is 4. The Morgan fingerprint density at radius 2 is 0.805 bits per heavy atom. The van der Waals surface area contributed by atoms with E-state index in [1.54, 1.807) is 36.4 Å². The molecule has 0 saturated carbocycles. The predicted octanol–water partition coefficient (Wildman–Crippen LogP) is 6.92. The first-order chi connectivity index (χ1) is 19.0. The molecule has 0 unspecified atom stereocenters. The van der Waals surface area contributed by atoms with Crippen LogP contribution in [0.2, 0.25) is 0 Å². The second-order valence-corrected chi connectivity index (χ2v) is 12.7. The van der Waals surface area contributed by atoms with Gasteiger partial charge in [0.2, 0.25) is 0 Å². The zero-order chi connectivity index (χ0) is 29.5. The Morgan fingerprint density at radius 3 is 1.07 bits per heavy atom. The van der Waals surface area contributed by atoms with Gasteiger partial charge in [0.1, 0.15) is 20.2 Å². The van der Waals surface area contributed by atoms with Crippen LogP contribution in [-0.4, -0.2) is 63.7 Å². The topological polar surface area (TPSA) is 114 Å². The van der Waals surface area contributed by atoms with Gasteiger partial charge in [-0.2, -0.15) is 0 Å². The van der Waals surface area contributed by atoms with E-state index < -0.39 is 20.2 Å². The Morgan fingerprint density at radius 1 is 0.512 bits per heavy atom. The average Bonchev–Trinajstić information content (AvgIpc) is 2.90. The largest absolute Gasteiger partial charge is 2.00 e. The molecule has 0 spiro atoms. The SMILES string of the molecule is CCCc1cc(S(=O)(=O)[O-])c2ccccc2c1CCC.CCCc1cc(S(=O)(=O)[O-])c2ccccc2c1CCC.[Ca+2]. The Hall–Kier alpha value is -1.52. The fourth-order valence-corrected chi connectivity index (χ4v) is 6.87. The maximum Gasteiger partial charge on any atom is 2.00 e. The maximum atomic E-state index is 11.5. The molecule has 9 heteroatoms. The van der Waals surface area contributed by atoms with E-state index in [9.17, 15) is 25.9 Å². The number of fused-ring (bicyclic) bond motifs is 2. The summed E-state index contributed by atoms with van der Waals surface area (Å²) in [6.45, 7) is 8.30. The molecule has 0 fully saturated rings. The third-order valence-electron chi connectivity index (χ3n) is 7.00. The molecule has 0 aliphatic carbocycles.